The van der Waals surface area contributed by atoms with Gasteiger partial charge in [-0.25, -0.2) is 13.1 Å². The Morgan fingerprint density at radius 2 is 2.07 bits per heavy atom. The van der Waals surface area contributed by atoms with Crippen LogP contribution in [0.3, 0.4) is 0 Å². The van der Waals surface area contributed by atoms with E-state index in [1.165, 1.54) is 6.07 Å². The predicted molar refractivity (Wildman–Crippen MR) is 56.6 cm³/mol. The molecule has 0 unspecified atom stereocenters. The third-order valence-electron chi connectivity index (χ3n) is 1.87. The molecule has 0 amide bonds. The lowest BCUT2D eigenvalue weighted by Gasteiger charge is -2.07. The van der Waals surface area contributed by atoms with Gasteiger partial charge in [0, 0.05) is 6.54 Å². The first-order chi connectivity index (χ1) is 7.11. The summed E-state index contributed by atoms with van der Waals surface area (Å²) in [7, 11) is -3.46. The second-order valence-corrected chi connectivity index (χ2v) is 4.68. The molecule has 1 N–H and O–H groups in total. The molecule has 5 heteroatoms. The molecule has 0 aromatic heterocycles. The first-order valence-electron chi connectivity index (χ1n) is 4.56. The maximum atomic E-state index is 11.7. The van der Waals surface area contributed by atoms with Crippen LogP contribution in [0.4, 0.5) is 0 Å². The molecule has 1 aromatic carbocycles. The first-order valence-corrected chi connectivity index (χ1v) is 6.04. The van der Waals surface area contributed by atoms with E-state index in [2.05, 4.69) is 4.72 Å². The molecule has 0 aliphatic rings. The molecule has 0 aliphatic carbocycles. The topological polar surface area (TPSA) is 70.0 Å². The van der Waals surface area contributed by atoms with Gasteiger partial charge < -0.3 is 0 Å². The fraction of sp³-hybridized carbons (Fsp3) is 0.300. The molecule has 0 spiro atoms. The number of hydrogen-bond donors (Lipinski definition) is 1. The normalized spacial score (nSPS) is 10.9. The SMILES string of the molecule is CCNS(=O)(=O)c1ccccc1CC#N. The van der Waals surface area contributed by atoms with Crippen LogP contribution in [-0.2, 0) is 16.4 Å². The Bertz CT molecular complexity index is 474. The number of nitrogens with zero attached hydrogens (tertiary/aromatic N) is 1. The summed E-state index contributed by atoms with van der Waals surface area (Å²) >= 11 is 0. The van der Waals surface area contributed by atoms with Gasteiger partial charge in [-0.15, -0.1) is 0 Å². The van der Waals surface area contributed by atoms with Crippen LogP contribution >= 0.6 is 0 Å². The average molecular weight is 224 g/mol. The van der Waals surface area contributed by atoms with Gasteiger partial charge in [0.2, 0.25) is 10.0 Å². The van der Waals surface area contributed by atoms with Gasteiger partial charge in [-0.05, 0) is 11.6 Å². The number of nitrogens with one attached hydrogen (secondary N) is 1. The second-order valence-electron chi connectivity index (χ2n) is 2.94. The quantitative estimate of drug-likeness (QED) is 0.831. The van der Waals surface area contributed by atoms with Gasteiger partial charge in [-0.3, -0.25) is 0 Å². The van der Waals surface area contributed by atoms with Gasteiger partial charge in [0.05, 0.1) is 17.4 Å². The monoisotopic (exact) mass is 224 g/mol. The Morgan fingerprint density at radius 3 is 2.67 bits per heavy atom. The lowest BCUT2D eigenvalue weighted by Crippen LogP contribution is -2.24. The second kappa shape index (κ2) is 4.91. The molecule has 80 valence electrons. The fourth-order valence-electron chi connectivity index (χ4n) is 1.26. The highest BCUT2D eigenvalue weighted by Crippen LogP contribution is 2.15. The average Bonchev–Trinajstić information content (AvgIpc) is 2.19. The zero-order valence-corrected chi connectivity index (χ0v) is 9.21. The highest BCUT2D eigenvalue weighted by atomic mass is 32.2. The maximum absolute atomic E-state index is 11.7. The minimum Gasteiger partial charge on any atom is -0.211 e. The molecule has 0 radical (unpaired) electrons. The summed E-state index contributed by atoms with van der Waals surface area (Å²) in [5.74, 6) is 0. The Morgan fingerprint density at radius 1 is 1.40 bits per heavy atom. The van der Waals surface area contributed by atoms with Crippen molar-refractivity contribution in [2.45, 2.75) is 18.2 Å². The van der Waals surface area contributed by atoms with Crippen molar-refractivity contribution in [2.75, 3.05) is 6.54 Å². The molecular weight excluding hydrogens is 212 g/mol. The maximum Gasteiger partial charge on any atom is 0.240 e. The number of rotatable bonds is 4. The van der Waals surface area contributed by atoms with Crippen LogP contribution in [0.5, 0.6) is 0 Å². The van der Waals surface area contributed by atoms with Gasteiger partial charge in [-0.1, -0.05) is 25.1 Å². The molecule has 0 aliphatic heterocycles. The number of benzene rings is 1. The van der Waals surface area contributed by atoms with Crippen LogP contribution in [-0.4, -0.2) is 15.0 Å². The van der Waals surface area contributed by atoms with Crippen molar-refractivity contribution in [2.24, 2.45) is 0 Å². The van der Waals surface area contributed by atoms with E-state index < -0.39 is 10.0 Å². The van der Waals surface area contributed by atoms with Crippen molar-refractivity contribution < 1.29 is 8.42 Å². The third-order valence-corrected chi connectivity index (χ3v) is 3.51. The van der Waals surface area contributed by atoms with Crippen LogP contribution in [0.15, 0.2) is 29.2 Å². The molecule has 0 saturated carbocycles. The summed E-state index contributed by atoms with van der Waals surface area (Å²) < 4.78 is 25.8. The third kappa shape index (κ3) is 2.78. The molecule has 0 bridgehead atoms. The van der Waals surface area contributed by atoms with E-state index in [-0.39, 0.29) is 11.3 Å². The van der Waals surface area contributed by atoms with Crippen LogP contribution in [0.25, 0.3) is 0 Å². The summed E-state index contributed by atoms with van der Waals surface area (Å²) in [5, 5.41) is 8.57. The molecule has 1 rings (SSSR count). The minimum absolute atomic E-state index is 0.0980. The Kier molecular flexibility index (Phi) is 3.83. The molecule has 4 nitrogen and oxygen atoms in total. The van der Waals surface area contributed by atoms with Gasteiger partial charge >= 0.3 is 0 Å². The molecular formula is C10H12N2O2S. The molecule has 0 fully saturated rings. The highest BCUT2D eigenvalue weighted by Gasteiger charge is 2.16. The summed E-state index contributed by atoms with van der Waals surface area (Å²) in [6.45, 7) is 2.05. The van der Waals surface area contributed by atoms with E-state index in [4.69, 9.17) is 5.26 Å². The fourth-order valence-corrected chi connectivity index (χ4v) is 2.54. The smallest absolute Gasteiger partial charge is 0.211 e. The van der Waals surface area contributed by atoms with Gasteiger partial charge in [-0.2, -0.15) is 5.26 Å². The summed E-state index contributed by atoms with van der Waals surface area (Å²) in [6, 6.07) is 8.46. The molecule has 0 saturated heterocycles. The van der Waals surface area contributed by atoms with Crippen molar-refractivity contribution in [3.63, 3.8) is 0 Å². The van der Waals surface area contributed by atoms with Crippen LogP contribution < -0.4 is 4.72 Å². The van der Waals surface area contributed by atoms with Gasteiger partial charge in [0.1, 0.15) is 0 Å². The van der Waals surface area contributed by atoms with Crippen LogP contribution in [0, 0.1) is 11.3 Å². The van der Waals surface area contributed by atoms with Gasteiger partial charge in [0.25, 0.3) is 0 Å². The minimum atomic E-state index is -3.46. The predicted octanol–water partition coefficient (Wildman–Crippen LogP) is 1.05. The molecule has 0 heterocycles. The van der Waals surface area contributed by atoms with E-state index in [0.29, 0.717) is 12.1 Å². The number of sulfonamides is 1. The van der Waals surface area contributed by atoms with Crippen LogP contribution in [0.2, 0.25) is 0 Å². The van der Waals surface area contributed by atoms with Crippen molar-refractivity contribution in [3.8, 4) is 6.07 Å². The zero-order chi connectivity index (χ0) is 11.3. The van der Waals surface area contributed by atoms with Crippen LogP contribution in [0.1, 0.15) is 12.5 Å². The lowest BCUT2D eigenvalue weighted by atomic mass is 10.2. The molecule has 1 aromatic rings. The Labute approximate surface area is 89.6 Å². The number of nitriles is 1. The van der Waals surface area contributed by atoms with Crippen molar-refractivity contribution in [1.29, 1.82) is 5.26 Å². The Hall–Kier alpha value is -1.38. The zero-order valence-electron chi connectivity index (χ0n) is 8.40. The first kappa shape index (κ1) is 11.7. The summed E-state index contributed by atoms with van der Waals surface area (Å²) in [5.41, 5.74) is 0.529. The van der Waals surface area contributed by atoms with Crippen molar-refractivity contribution in [3.05, 3.63) is 29.8 Å². The van der Waals surface area contributed by atoms with Crippen molar-refractivity contribution >= 4 is 10.0 Å². The van der Waals surface area contributed by atoms with E-state index in [0.717, 1.165) is 0 Å². The van der Waals surface area contributed by atoms with Crippen molar-refractivity contribution in [1.82, 2.24) is 4.72 Å². The van der Waals surface area contributed by atoms with E-state index in [1.807, 2.05) is 6.07 Å². The number of hydrogen-bond acceptors (Lipinski definition) is 3. The molecule has 0 atom stereocenters. The standard InChI is InChI=1S/C10H12N2O2S/c1-2-12-15(13,14)10-6-4-3-5-9(10)7-8-11/h3-6,12H,2,7H2,1H3. The van der Waals surface area contributed by atoms with Gasteiger partial charge in [0.15, 0.2) is 0 Å². The Balaban J connectivity index is 3.20. The summed E-state index contributed by atoms with van der Waals surface area (Å²) in [6.07, 6.45) is 0.0980. The van der Waals surface area contributed by atoms with E-state index in [1.54, 1.807) is 25.1 Å². The largest absolute Gasteiger partial charge is 0.240 e. The molecule has 15 heavy (non-hydrogen) atoms. The van der Waals surface area contributed by atoms with E-state index in [9.17, 15) is 8.42 Å². The summed E-state index contributed by atoms with van der Waals surface area (Å²) in [4.78, 5) is 0.188. The van der Waals surface area contributed by atoms with E-state index >= 15 is 0 Å². The highest BCUT2D eigenvalue weighted by molar-refractivity contribution is 7.89. The lowest BCUT2D eigenvalue weighted by molar-refractivity contribution is 0.583.